The van der Waals surface area contributed by atoms with Crippen molar-refractivity contribution in [2.24, 2.45) is 0 Å². The molecule has 0 spiro atoms. The van der Waals surface area contributed by atoms with Gasteiger partial charge in [0.1, 0.15) is 0 Å². The highest BCUT2D eigenvalue weighted by Crippen LogP contribution is 2.22. The van der Waals surface area contributed by atoms with Gasteiger partial charge in [0.2, 0.25) is 0 Å². The molecule has 0 bridgehead atoms. The van der Waals surface area contributed by atoms with Crippen molar-refractivity contribution < 1.29 is 8.42 Å². The monoisotopic (exact) mass is 241 g/mol. The highest BCUT2D eigenvalue weighted by molar-refractivity contribution is 7.92. The van der Waals surface area contributed by atoms with E-state index in [0.29, 0.717) is 23.6 Å². The maximum atomic E-state index is 11.8. The molecule has 2 rings (SSSR count). The Kier molecular flexibility index (Phi) is 3.09. The largest absolute Gasteiger partial charge is 0.397 e. The molecule has 1 saturated heterocycles. The first kappa shape index (κ1) is 11.3. The van der Waals surface area contributed by atoms with Crippen LogP contribution >= 0.6 is 0 Å². The molecule has 2 N–H and O–H groups in total. The molecule has 1 aliphatic rings. The lowest BCUT2D eigenvalue weighted by atomic mass is 10.1. The van der Waals surface area contributed by atoms with Crippen molar-refractivity contribution in [3.8, 4) is 0 Å². The molecule has 1 aromatic rings. The molecule has 0 aromatic carbocycles. The average molecular weight is 241 g/mol. The number of rotatable bonds is 2. The lowest BCUT2D eigenvalue weighted by Crippen LogP contribution is -2.30. The summed E-state index contributed by atoms with van der Waals surface area (Å²) >= 11 is 0. The summed E-state index contributed by atoms with van der Waals surface area (Å²) in [5, 5.41) is 7.32. The zero-order chi connectivity index (χ0) is 11.6. The minimum absolute atomic E-state index is 0.299. The number of nitrogen functional groups attached to an aromatic ring is 1. The number of nitrogens with zero attached hydrogens (tertiary/aromatic N) is 2. The van der Waals surface area contributed by atoms with Crippen molar-refractivity contribution in [2.75, 3.05) is 11.5 Å². The van der Waals surface area contributed by atoms with Crippen molar-refractivity contribution in [3.63, 3.8) is 0 Å². The highest BCUT2D eigenvalue weighted by Gasteiger charge is 2.29. The summed E-state index contributed by atoms with van der Waals surface area (Å²) < 4.78 is 23.6. The van der Waals surface area contributed by atoms with Crippen molar-refractivity contribution in [2.45, 2.75) is 30.9 Å². The third-order valence-corrected chi connectivity index (χ3v) is 5.15. The SMILES string of the molecule is Nc1cnnc(CC2CCCCS2(=O)=O)c1. The molecule has 6 heteroatoms. The first-order valence-corrected chi connectivity index (χ1v) is 7.08. The van der Waals surface area contributed by atoms with Crippen molar-refractivity contribution in [3.05, 3.63) is 18.0 Å². The maximum Gasteiger partial charge on any atom is 0.153 e. The Balaban J connectivity index is 2.15. The van der Waals surface area contributed by atoms with E-state index in [1.165, 1.54) is 6.20 Å². The highest BCUT2D eigenvalue weighted by atomic mass is 32.2. The van der Waals surface area contributed by atoms with Gasteiger partial charge in [-0.25, -0.2) is 8.42 Å². The van der Waals surface area contributed by atoms with E-state index >= 15 is 0 Å². The van der Waals surface area contributed by atoms with Gasteiger partial charge in [0.25, 0.3) is 0 Å². The Morgan fingerprint density at radius 1 is 1.44 bits per heavy atom. The Labute approximate surface area is 95.0 Å². The quantitative estimate of drug-likeness (QED) is 0.818. The van der Waals surface area contributed by atoms with Crippen LogP contribution in [0.3, 0.4) is 0 Å². The van der Waals surface area contributed by atoms with Crippen LogP contribution in [0.5, 0.6) is 0 Å². The number of sulfone groups is 1. The van der Waals surface area contributed by atoms with E-state index in [4.69, 9.17) is 5.73 Å². The predicted molar refractivity (Wildman–Crippen MR) is 61.6 cm³/mol. The second-order valence-electron chi connectivity index (χ2n) is 4.17. The number of hydrogen-bond acceptors (Lipinski definition) is 5. The number of anilines is 1. The van der Waals surface area contributed by atoms with Crippen LogP contribution in [-0.2, 0) is 16.3 Å². The molecule has 0 radical (unpaired) electrons. The van der Waals surface area contributed by atoms with Gasteiger partial charge in [-0.1, -0.05) is 6.42 Å². The summed E-state index contributed by atoms with van der Waals surface area (Å²) in [7, 11) is -2.94. The van der Waals surface area contributed by atoms with Gasteiger partial charge in [0.15, 0.2) is 9.84 Å². The lowest BCUT2D eigenvalue weighted by molar-refractivity contribution is 0.535. The number of nitrogens with two attached hydrogens (primary N) is 1. The molecule has 5 nitrogen and oxygen atoms in total. The van der Waals surface area contributed by atoms with Gasteiger partial charge in [0.05, 0.1) is 28.6 Å². The van der Waals surface area contributed by atoms with Crippen molar-refractivity contribution >= 4 is 15.5 Å². The van der Waals surface area contributed by atoms with E-state index in [9.17, 15) is 8.42 Å². The van der Waals surface area contributed by atoms with E-state index in [0.717, 1.165) is 19.3 Å². The molecule has 16 heavy (non-hydrogen) atoms. The van der Waals surface area contributed by atoms with Gasteiger partial charge in [0, 0.05) is 6.42 Å². The van der Waals surface area contributed by atoms with Crippen LogP contribution in [0, 0.1) is 0 Å². The van der Waals surface area contributed by atoms with Crippen LogP contribution in [0.4, 0.5) is 5.69 Å². The lowest BCUT2D eigenvalue weighted by Gasteiger charge is -2.21. The molecule has 0 aliphatic carbocycles. The molecule has 1 aliphatic heterocycles. The second-order valence-corrected chi connectivity index (χ2v) is 6.57. The molecule has 0 amide bonds. The molecule has 1 atom stereocenters. The summed E-state index contributed by atoms with van der Waals surface area (Å²) in [5.74, 6) is 0.299. The summed E-state index contributed by atoms with van der Waals surface area (Å²) in [4.78, 5) is 0. The normalized spacial score (nSPS) is 24.1. The zero-order valence-corrected chi connectivity index (χ0v) is 9.78. The average Bonchev–Trinajstić information content (AvgIpc) is 2.21. The number of hydrogen-bond donors (Lipinski definition) is 1. The molecule has 2 heterocycles. The first-order valence-electron chi connectivity index (χ1n) is 5.36. The minimum Gasteiger partial charge on any atom is -0.397 e. The fraction of sp³-hybridized carbons (Fsp3) is 0.600. The Bertz CT molecular complexity index is 473. The van der Waals surface area contributed by atoms with Gasteiger partial charge >= 0.3 is 0 Å². The van der Waals surface area contributed by atoms with Crippen LogP contribution < -0.4 is 5.73 Å². The van der Waals surface area contributed by atoms with Crippen molar-refractivity contribution in [1.82, 2.24) is 10.2 Å². The smallest absolute Gasteiger partial charge is 0.153 e. The second kappa shape index (κ2) is 4.37. The first-order chi connectivity index (χ1) is 7.58. The maximum absolute atomic E-state index is 11.8. The van der Waals surface area contributed by atoms with E-state index in [2.05, 4.69) is 10.2 Å². The molecule has 1 fully saturated rings. The van der Waals surface area contributed by atoms with Crippen LogP contribution in [0.1, 0.15) is 25.0 Å². The molecule has 1 unspecified atom stereocenters. The van der Waals surface area contributed by atoms with Crippen LogP contribution in [-0.4, -0.2) is 29.6 Å². The van der Waals surface area contributed by atoms with Gasteiger partial charge in [-0.05, 0) is 18.9 Å². The van der Waals surface area contributed by atoms with Gasteiger partial charge in [-0.15, -0.1) is 0 Å². The molecular weight excluding hydrogens is 226 g/mol. The summed E-state index contributed by atoms with van der Waals surface area (Å²) in [6.07, 6.45) is 4.36. The molecule has 88 valence electrons. The summed E-state index contributed by atoms with van der Waals surface area (Å²) in [6, 6.07) is 1.69. The van der Waals surface area contributed by atoms with E-state index in [1.807, 2.05) is 0 Å². The van der Waals surface area contributed by atoms with Gasteiger partial charge < -0.3 is 5.73 Å². The van der Waals surface area contributed by atoms with Gasteiger partial charge in [-0.3, -0.25) is 0 Å². The number of aromatic nitrogens is 2. The van der Waals surface area contributed by atoms with Crippen LogP contribution in [0.25, 0.3) is 0 Å². The van der Waals surface area contributed by atoms with Crippen LogP contribution in [0.15, 0.2) is 12.3 Å². The van der Waals surface area contributed by atoms with Crippen LogP contribution in [0.2, 0.25) is 0 Å². The third kappa shape index (κ3) is 2.49. The third-order valence-electron chi connectivity index (χ3n) is 2.88. The van der Waals surface area contributed by atoms with Crippen molar-refractivity contribution in [1.29, 1.82) is 0 Å². The topological polar surface area (TPSA) is 85.9 Å². The molecular formula is C10H15N3O2S. The van der Waals surface area contributed by atoms with E-state index in [1.54, 1.807) is 6.07 Å². The molecule has 0 saturated carbocycles. The standard InChI is InChI=1S/C10H15N3O2S/c11-8-5-9(13-12-7-8)6-10-3-1-2-4-16(10,14)15/h5,7,10H,1-4,6H2,(H2,11,13). The Hall–Kier alpha value is -1.17. The summed E-state index contributed by atoms with van der Waals surface area (Å²) in [5.41, 5.74) is 6.77. The zero-order valence-electron chi connectivity index (χ0n) is 8.96. The molecule has 1 aromatic heterocycles. The van der Waals surface area contributed by atoms with E-state index < -0.39 is 9.84 Å². The fourth-order valence-electron chi connectivity index (χ4n) is 2.01. The predicted octanol–water partition coefficient (Wildman–Crippen LogP) is 0.569. The van der Waals surface area contributed by atoms with E-state index in [-0.39, 0.29) is 5.25 Å². The Morgan fingerprint density at radius 2 is 2.25 bits per heavy atom. The summed E-state index contributed by atoms with van der Waals surface area (Å²) in [6.45, 7) is 0. The Morgan fingerprint density at radius 3 is 2.94 bits per heavy atom. The fourth-order valence-corrected chi connectivity index (χ4v) is 3.90. The minimum atomic E-state index is -2.94. The van der Waals surface area contributed by atoms with Gasteiger partial charge in [-0.2, -0.15) is 10.2 Å².